The summed E-state index contributed by atoms with van der Waals surface area (Å²) in [6.45, 7) is 1.56. The van der Waals surface area contributed by atoms with Crippen molar-refractivity contribution in [3.05, 3.63) is 89.2 Å². The van der Waals surface area contributed by atoms with Gasteiger partial charge in [-0.05, 0) is 47.4 Å². The molecule has 2 aromatic carbocycles. The lowest BCUT2D eigenvalue weighted by Gasteiger charge is -2.32. The van der Waals surface area contributed by atoms with Crippen LogP contribution in [0.2, 0.25) is 0 Å². The third kappa shape index (κ3) is 3.56. The number of pyridine rings is 1. The summed E-state index contributed by atoms with van der Waals surface area (Å²) in [6.07, 6.45) is 3.19. The van der Waals surface area contributed by atoms with E-state index in [1.165, 1.54) is 5.56 Å². The van der Waals surface area contributed by atoms with Crippen molar-refractivity contribution in [2.75, 3.05) is 13.3 Å². The molecule has 29 heavy (non-hydrogen) atoms. The van der Waals surface area contributed by atoms with Crippen LogP contribution in [0.15, 0.2) is 66.9 Å². The molecule has 2 aliphatic heterocycles. The fourth-order valence-electron chi connectivity index (χ4n) is 4.12. The largest absolute Gasteiger partial charge is 0.454 e. The van der Waals surface area contributed by atoms with Crippen LogP contribution in [0.3, 0.4) is 0 Å². The van der Waals surface area contributed by atoms with E-state index in [0.717, 1.165) is 34.7 Å². The smallest absolute Gasteiger partial charge is 0.231 e. The molecular weight excluding hydrogens is 364 g/mol. The van der Waals surface area contributed by atoms with Crippen LogP contribution in [-0.2, 0) is 24.2 Å². The summed E-state index contributed by atoms with van der Waals surface area (Å²) in [5, 5.41) is 0. The molecule has 2 aliphatic rings. The zero-order valence-corrected chi connectivity index (χ0v) is 16.1. The van der Waals surface area contributed by atoms with Gasteiger partial charge >= 0.3 is 0 Å². The fraction of sp³-hybridized carbons (Fsp3) is 0.250. The maximum absolute atomic E-state index is 13.6. The summed E-state index contributed by atoms with van der Waals surface area (Å²) in [7, 11) is 0. The van der Waals surface area contributed by atoms with Crippen LogP contribution >= 0.6 is 0 Å². The van der Waals surface area contributed by atoms with Crippen molar-refractivity contribution >= 4 is 5.91 Å². The Bertz CT molecular complexity index is 1020. The number of rotatable bonds is 4. The lowest BCUT2D eigenvalue weighted by molar-refractivity contribution is -0.133. The van der Waals surface area contributed by atoms with Crippen LogP contribution in [0.25, 0.3) is 0 Å². The van der Waals surface area contributed by atoms with E-state index in [1.54, 1.807) is 6.20 Å². The van der Waals surface area contributed by atoms with Crippen LogP contribution in [0.4, 0.5) is 0 Å². The second-order valence-electron chi connectivity index (χ2n) is 7.47. The molecular formula is C24H22N2O3. The first-order valence-corrected chi connectivity index (χ1v) is 9.93. The molecule has 146 valence electrons. The molecule has 0 fully saturated rings. The molecule has 5 nitrogen and oxygen atoms in total. The van der Waals surface area contributed by atoms with Crippen molar-refractivity contribution in [2.24, 2.45) is 0 Å². The Hall–Kier alpha value is -3.34. The molecule has 0 radical (unpaired) electrons. The van der Waals surface area contributed by atoms with Gasteiger partial charge in [-0.15, -0.1) is 0 Å². The van der Waals surface area contributed by atoms with E-state index in [9.17, 15) is 4.79 Å². The predicted octanol–water partition coefficient (Wildman–Crippen LogP) is 3.72. The number of ether oxygens (including phenoxy) is 2. The summed E-state index contributed by atoms with van der Waals surface area (Å²) in [6, 6.07) is 19.9. The van der Waals surface area contributed by atoms with Crippen molar-refractivity contribution < 1.29 is 14.3 Å². The lowest BCUT2D eigenvalue weighted by Crippen LogP contribution is -2.39. The van der Waals surface area contributed by atoms with E-state index in [-0.39, 0.29) is 18.6 Å². The molecule has 0 N–H and O–H groups in total. The molecule has 0 spiro atoms. The van der Waals surface area contributed by atoms with E-state index in [4.69, 9.17) is 9.47 Å². The van der Waals surface area contributed by atoms with E-state index in [0.29, 0.717) is 19.5 Å². The van der Waals surface area contributed by atoms with Gasteiger partial charge in [-0.2, -0.15) is 0 Å². The molecule has 0 aliphatic carbocycles. The van der Waals surface area contributed by atoms with E-state index >= 15 is 0 Å². The van der Waals surface area contributed by atoms with Gasteiger partial charge in [0.05, 0.1) is 5.92 Å². The summed E-state index contributed by atoms with van der Waals surface area (Å²) in [5.41, 5.74) is 4.33. The van der Waals surface area contributed by atoms with Gasteiger partial charge in [0.2, 0.25) is 12.7 Å². The fourth-order valence-corrected chi connectivity index (χ4v) is 4.12. The third-order valence-corrected chi connectivity index (χ3v) is 5.66. The van der Waals surface area contributed by atoms with Crippen molar-refractivity contribution in [1.29, 1.82) is 0 Å². The second kappa shape index (κ2) is 7.59. The van der Waals surface area contributed by atoms with E-state index in [1.807, 2.05) is 59.5 Å². The molecule has 3 heterocycles. The van der Waals surface area contributed by atoms with E-state index < -0.39 is 0 Å². The maximum Gasteiger partial charge on any atom is 0.231 e. The van der Waals surface area contributed by atoms with Gasteiger partial charge in [0.1, 0.15) is 0 Å². The number of carbonyl (C=O) groups is 1. The van der Waals surface area contributed by atoms with Gasteiger partial charge in [-0.25, -0.2) is 0 Å². The first-order valence-electron chi connectivity index (χ1n) is 9.93. The molecule has 0 bridgehead atoms. The summed E-state index contributed by atoms with van der Waals surface area (Å²) < 4.78 is 11.0. The third-order valence-electron chi connectivity index (χ3n) is 5.66. The minimum absolute atomic E-state index is 0.144. The number of nitrogens with zero attached hydrogens (tertiary/aromatic N) is 2. The Labute approximate surface area is 169 Å². The van der Waals surface area contributed by atoms with Gasteiger partial charge in [0.25, 0.3) is 0 Å². The average molecular weight is 386 g/mol. The minimum Gasteiger partial charge on any atom is -0.454 e. The number of hydrogen-bond donors (Lipinski definition) is 0. The van der Waals surface area contributed by atoms with Gasteiger partial charge < -0.3 is 14.4 Å². The first kappa shape index (κ1) is 17.7. The molecule has 1 amide bonds. The second-order valence-corrected chi connectivity index (χ2v) is 7.47. The van der Waals surface area contributed by atoms with E-state index in [2.05, 4.69) is 11.1 Å². The monoisotopic (exact) mass is 386 g/mol. The van der Waals surface area contributed by atoms with Crippen molar-refractivity contribution in [3.63, 3.8) is 0 Å². The number of carbonyl (C=O) groups excluding carboxylic acids is 1. The average Bonchev–Trinajstić information content (AvgIpc) is 3.23. The number of benzene rings is 2. The molecule has 5 heteroatoms. The molecule has 3 aromatic rings. The Kier molecular flexibility index (Phi) is 4.64. The summed E-state index contributed by atoms with van der Waals surface area (Å²) >= 11 is 0. The number of amides is 1. The minimum atomic E-state index is -0.248. The van der Waals surface area contributed by atoms with Crippen molar-refractivity contribution in [2.45, 2.75) is 25.3 Å². The molecule has 5 rings (SSSR count). The molecule has 1 aromatic heterocycles. The summed E-state index contributed by atoms with van der Waals surface area (Å²) in [4.78, 5) is 20.0. The van der Waals surface area contributed by atoms with Gasteiger partial charge in [-0.1, -0.05) is 36.4 Å². The number of fused-ring (bicyclic) bond motifs is 2. The zero-order valence-electron chi connectivity index (χ0n) is 16.1. The van der Waals surface area contributed by atoms with Gasteiger partial charge in [0, 0.05) is 31.4 Å². The Morgan fingerprint density at radius 2 is 1.76 bits per heavy atom. The quantitative estimate of drug-likeness (QED) is 0.686. The highest BCUT2D eigenvalue weighted by Gasteiger charge is 2.30. The standard InChI is InChI=1S/C24H22N2O3/c27-24(21(17-6-2-1-3-7-17)14-20-8-4-5-10-25-20)26-11-9-18-12-22-23(29-16-28-22)13-19(18)15-26/h1-8,10,12-13,21H,9,11,14-16H2. The summed E-state index contributed by atoms with van der Waals surface area (Å²) in [5.74, 6) is 1.47. The molecule has 1 unspecified atom stereocenters. The lowest BCUT2D eigenvalue weighted by atomic mass is 9.91. The Morgan fingerprint density at radius 3 is 2.52 bits per heavy atom. The van der Waals surface area contributed by atoms with Crippen molar-refractivity contribution in [3.8, 4) is 11.5 Å². The van der Waals surface area contributed by atoms with Gasteiger partial charge in [0.15, 0.2) is 11.5 Å². The van der Waals surface area contributed by atoms with Crippen LogP contribution in [-0.4, -0.2) is 29.1 Å². The first-order chi connectivity index (χ1) is 14.3. The SMILES string of the molecule is O=C(C(Cc1ccccn1)c1ccccc1)N1CCc2cc3c(cc2C1)OCO3. The van der Waals surface area contributed by atoms with Crippen molar-refractivity contribution in [1.82, 2.24) is 9.88 Å². The predicted molar refractivity (Wildman–Crippen MR) is 109 cm³/mol. The molecule has 0 saturated heterocycles. The van der Waals surface area contributed by atoms with Crippen LogP contribution in [0, 0.1) is 0 Å². The highest BCUT2D eigenvalue weighted by Crippen LogP contribution is 2.37. The highest BCUT2D eigenvalue weighted by molar-refractivity contribution is 5.84. The molecule has 0 saturated carbocycles. The number of aromatic nitrogens is 1. The Morgan fingerprint density at radius 1 is 1.00 bits per heavy atom. The maximum atomic E-state index is 13.6. The number of hydrogen-bond acceptors (Lipinski definition) is 4. The van der Waals surface area contributed by atoms with Crippen LogP contribution < -0.4 is 9.47 Å². The Balaban J connectivity index is 1.42. The van der Waals surface area contributed by atoms with Gasteiger partial charge in [-0.3, -0.25) is 9.78 Å². The zero-order chi connectivity index (χ0) is 19.6. The normalized spacial score (nSPS) is 15.7. The van der Waals surface area contributed by atoms with Crippen LogP contribution in [0.1, 0.15) is 28.3 Å². The highest BCUT2D eigenvalue weighted by atomic mass is 16.7. The topological polar surface area (TPSA) is 51.7 Å². The molecule has 1 atom stereocenters. The van der Waals surface area contributed by atoms with Crippen LogP contribution in [0.5, 0.6) is 11.5 Å².